The fourth-order valence-corrected chi connectivity index (χ4v) is 2.31. The van der Waals surface area contributed by atoms with E-state index in [1.807, 2.05) is 56.4 Å². The highest BCUT2D eigenvalue weighted by molar-refractivity contribution is 6.31. The molecule has 106 valence electrons. The molecule has 2 N–H and O–H groups in total. The summed E-state index contributed by atoms with van der Waals surface area (Å²) in [5.74, 6) is 0. The normalized spacial score (nSPS) is 10.8. The average Bonchev–Trinajstić information content (AvgIpc) is 2.94. The van der Waals surface area contributed by atoms with Crippen molar-refractivity contribution in [3.05, 3.63) is 58.7 Å². The molecule has 1 aromatic heterocycles. The molecule has 3 aromatic rings. The summed E-state index contributed by atoms with van der Waals surface area (Å²) in [5, 5.41) is 9.18. The zero-order chi connectivity index (χ0) is 15.0. The first-order valence-corrected chi connectivity index (χ1v) is 6.98. The van der Waals surface area contributed by atoms with Crippen LogP contribution in [0.25, 0.3) is 16.9 Å². The van der Waals surface area contributed by atoms with Gasteiger partial charge in [-0.3, -0.25) is 0 Å². The Bertz CT molecular complexity index is 808. The van der Waals surface area contributed by atoms with Crippen LogP contribution in [0.3, 0.4) is 0 Å². The van der Waals surface area contributed by atoms with E-state index in [0.717, 1.165) is 33.1 Å². The summed E-state index contributed by atoms with van der Waals surface area (Å²) < 4.78 is 1.74. The summed E-state index contributed by atoms with van der Waals surface area (Å²) in [4.78, 5) is 0. The van der Waals surface area contributed by atoms with Crippen LogP contribution in [-0.2, 0) is 0 Å². The van der Waals surface area contributed by atoms with Gasteiger partial charge in [0.2, 0.25) is 0 Å². The molecule has 0 saturated heterocycles. The second kappa shape index (κ2) is 5.22. The lowest BCUT2D eigenvalue weighted by Gasteiger charge is -2.05. The van der Waals surface area contributed by atoms with Gasteiger partial charge < -0.3 is 5.73 Å². The number of hydrogen-bond acceptors (Lipinski definition) is 3. The van der Waals surface area contributed by atoms with E-state index >= 15 is 0 Å². The van der Waals surface area contributed by atoms with E-state index in [1.165, 1.54) is 0 Å². The molecular formula is C16H15ClN4. The molecule has 1 heterocycles. The van der Waals surface area contributed by atoms with E-state index in [-0.39, 0.29) is 0 Å². The topological polar surface area (TPSA) is 56.7 Å². The molecule has 0 atom stereocenters. The van der Waals surface area contributed by atoms with Gasteiger partial charge in [0.1, 0.15) is 5.69 Å². The molecule has 0 aliphatic heterocycles. The summed E-state index contributed by atoms with van der Waals surface area (Å²) in [6.45, 7) is 3.99. The third-order valence-electron chi connectivity index (χ3n) is 3.43. The summed E-state index contributed by atoms with van der Waals surface area (Å²) in [5.41, 5.74) is 11.4. The highest BCUT2D eigenvalue weighted by Gasteiger charge is 2.08. The van der Waals surface area contributed by atoms with Crippen molar-refractivity contribution in [3.8, 4) is 16.9 Å². The number of halogens is 1. The summed E-state index contributed by atoms with van der Waals surface area (Å²) in [6.07, 6.45) is 1.89. The zero-order valence-corrected chi connectivity index (χ0v) is 12.6. The maximum Gasteiger partial charge on any atom is 0.113 e. The van der Waals surface area contributed by atoms with Gasteiger partial charge in [-0.05, 0) is 49.2 Å². The SMILES string of the molecule is Cc1cc(-c2cn(-c3cc(N)ccc3C)nn2)ccc1Cl. The number of rotatable bonds is 2. The van der Waals surface area contributed by atoms with Crippen molar-refractivity contribution >= 4 is 17.3 Å². The molecule has 0 radical (unpaired) electrons. The van der Waals surface area contributed by atoms with Crippen molar-refractivity contribution in [3.63, 3.8) is 0 Å². The van der Waals surface area contributed by atoms with Crippen molar-refractivity contribution in [2.24, 2.45) is 0 Å². The summed E-state index contributed by atoms with van der Waals surface area (Å²) in [6, 6.07) is 11.5. The fourth-order valence-electron chi connectivity index (χ4n) is 2.19. The Kier molecular flexibility index (Phi) is 3.39. The molecule has 5 heteroatoms. The highest BCUT2D eigenvalue weighted by atomic mass is 35.5. The van der Waals surface area contributed by atoms with E-state index in [1.54, 1.807) is 4.68 Å². The molecule has 0 aliphatic carbocycles. The Morgan fingerprint density at radius 2 is 1.86 bits per heavy atom. The maximum absolute atomic E-state index is 6.05. The molecule has 3 rings (SSSR count). The van der Waals surface area contributed by atoms with Crippen LogP contribution in [0, 0.1) is 13.8 Å². The maximum atomic E-state index is 6.05. The molecule has 0 amide bonds. The Morgan fingerprint density at radius 3 is 2.62 bits per heavy atom. The standard InChI is InChI=1S/C16H15ClN4/c1-10-3-5-13(18)8-16(10)21-9-15(19-20-21)12-4-6-14(17)11(2)7-12/h3-9H,18H2,1-2H3. The van der Waals surface area contributed by atoms with E-state index in [0.29, 0.717) is 5.69 Å². The van der Waals surface area contributed by atoms with Crippen LogP contribution < -0.4 is 5.73 Å². The Balaban J connectivity index is 2.03. The average molecular weight is 299 g/mol. The Morgan fingerprint density at radius 1 is 1.05 bits per heavy atom. The molecule has 0 unspecified atom stereocenters. The monoisotopic (exact) mass is 298 g/mol. The van der Waals surface area contributed by atoms with Gasteiger partial charge in [-0.1, -0.05) is 28.9 Å². The van der Waals surface area contributed by atoms with E-state index in [2.05, 4.69) is 10.3 Å². The van der Waals surface area contributed by atoms with Crippen molar-refractivity contribution in [2.45, 2.75) is 13.8 Å². The van der Waals surface area contributed by atoms with Gasteiger partial charge in [0, 0.05) is 16.3 Å². The Labute approximate surface area is 128 Å². The first kappa shape index (κ1) is 13.6. The quantitative estimate of drug-likeness (QED) is 0.732. The third-order valence-corrected chi connectivity index (χ3v) is 3.85. The number of aromatic nitrogens is 3. The van der Waals surface area contributed by atoms with Crippen LogP contribution in [0.15, 0.2) is 42.6 Å². The molecule has 0 spiro atoms. The minimum atomic E-state index is 0.704. The van der Waals surface area contributed by atoms with E-state index < -0.39 is 0 Å². The predicted molar refractivity (Wildman–Crippen MR) is 85.7 cm³/mol. The Hall–Kier alpha value is -2.33. The number of nitrogen functional groups attached to an aromatic ring is 1. The number of aryl methyl sites for hydroxylation is 2. The molecule has 21 heavy (non-hydrogen) atoms. The third kappa shape index (κ3) is 2.62. The molecule has 0 aliphatic rings. The largest absolute Gasteiger partial charge is 0.399 e. The molecular weight excluding hydrogens is 284 g/mol. The minimum Gasteiger partial charge on any atom is -0.399 e. The van der Waals surface area contributed by atoms with Gasteiger partial charge in [-0.2, -0.15) is 0 Å². The van der Waals surface area contributed by atoms with Gasteiger partial charge in [0.05, 0.1) is 11.9 Å². The van der Waals surface area contributed by atoms with E-state index in [9.17, 15) is 0 Å². The molecule has 0 saturated carbocycles. The highest BCUT2D eigenvalue weighted by Crippen LogP contribution is 2.24. The second-order valence-electron chi connectivity index (χ2n) is 5.06. The zero-order valence-electron chi connectivity index (χ0n) is 11.8. The van der Waals surface area contributed by atoms with Gasteiger partial charge >= 0.3 is 0 Å². The van der Waals surface area contributed by atoms with Gasteiger partial charge in [0.15, 0.2) is 0 Å². The van der Waals surface area contributed by atoms with Gasteiger partial charge in [0.25, 0.3) is 0 Å². The van der Waals surface area contributed by atoms with Gasteiger partial charge in [-0.25, -0.2) is 4.68 Å². The van der Waals surface area contributed by atoms with Crippen molar-refractivity contribution in [2.75, 3.05) is 5.73 Å². The van der Waals surface area contributed by atoms with Crippen LogP contribution >= 0.6 is 11.6 Å². The molecule has 0 bridgehead atoms. The first-order valence-electron chi connectivity index (χ1n) is 6.60. The van der Waals surface area contributed by atoms with Crippen LogP contribution in [0.2, 0.25) is 5.02 Å². The van der Waals surface area contributed by atoms with Crippen molar-refractivity contribution in [1.29, 1.82) is 0 Å². The lowest BCUT2D eigenvalue weighted by molar-refractivity contribution is 0.799. The van der Waals surface area contributed by atoms with E-state index in [4.69, 9.17) is 17.3 Å². The number of nitrogens with two attached hydrogens (primary N) is 1. The molecule has 0 fully saturated rings. The smallest absolute Gasteiger partial charge is 0.113 e. The second-order valence-corrected chi connectivity index (χ2v) is 5.47. The minimum absolute atomic E-state index is 0.704. The number of benzene rings is 2. The number of anilines is 1. The van der Waals surface area contributed by atoms with Crippen LogP contribution in [-0.4, -0.2) is 15.0 Å². The van der Waals surface area contributed by atoms with Crippen molar-refractivity contribution < 1.29 is 0 Å². The van der Waals surface area contributed by atoms with Crippen molar-refractivity contribution in [1.82, 2.24) is 15.0 Å². The van der Waals surface area contributed by atoms with Crippen LogP contribution in [0.4, 0.5) is 5.69 Å². The predicted octanol–water partition coefficient (Wildman–Crippen LogP) is 3.79. The summed E-state index contributed by atoms with van der Waals surface area (Å²) >= 11 is 6.05. The van der Waals surface area contributed by atoms with Crippen LogP contribution in [0.1, 0.15) is 11.1 Å². The molecule has 4 nitrogen and oxygen atoms in total. The fraction of sp³-hybridized carbons (Fsp3) is 0.125. The number of hydrogen-bond donors (Lipinski definition) is 1. The lowest BCUT2D eigenvalue weighted by Crippen LogP contribution is -1.99. The van der Waals surface area contributed by atoms with Gasteiger partial charge in [-0.15, -0.1) is 5.10 Å². The number of nitrogens with zero attached hydrogens (tertiary/aromatic N) is 3. The summed E-state index contributed by atoms with van der Waals surface area (Å²) in [7, 11) is 0. The molecule has 2 aromatic carbocycles. The first-order chi connectivity index (χ1) is 10.0. The lowest BCUT2D eigenvalue weighted by atomic mass is 10.1. The van der Waals surface area contributed by atoms with Crippen LogP contribution in [0.5, 0.6) is 0 Å².